The third kappa shape index (κ3) is 4.52. The molecule has 100 valence electrons. The summed E-state index contributed by atoms with van der Waals surface area (Å²) in [4.78, 5) is 14.3. The fourth-order valence-corrected chi connectivity index (χ4v) is 2.78. The normalized spacial score (nSPS) is 10.4. The molecule has 0 aliphatic carbocycles. The number of rotatable bonds is 7. The maximum Gasteiger partial charge on any atom is 0.141 e. The Bertz CT molecular complexity index is 517. The summed E-state index contributed by atoms with van der Waals surface area (Å²) in [5.41, 5.74) is 0. The van der Waals surface area contributed by atoms with Crippen LogP contribution < -0.4 is 4.74 Å². The Morgan fingerprint density at radius 3 is 2.53 bits per heavy atom. The number of thiophene rings is 1. The van der Waals surface area contributed by atoms with Crippen LogP contribution in [0.1, 0.15) is 23.1 Å². The highest BCUT2D eigenvalue weighted by atomic mass is 32.1. The molecule has 3 heteroatoms. The molecule has 0 amide bonds. The van der Waals surface area contributed by atoms with Crippen molar-refractivity contribution < 1.29 is 9.53 Å². The van der Waals surface area contributed by atoms with E-state index < -0.39 is 0 Å². The molecular formula is C16H18O2S. The van der Waals surface area contributed by atoms with Gasteiger partial charge < -0.3 is 4.74 Å². The van der Waals surface area contributed by atoms with Crippen LogP contribution in [0.3, 0.4) is 0 Å². The zero-order valence-electron chi connectivity index (χ0n) is 11.1. The van der Waals surface area contributed by atoms with Gasteiger partial charge in [0.25, 0.3) is 0 Å². The Morgan fingerprint density at radius 2 is 1.84 bits per heavy atom. The van der Waals surface area contributed by atoms with Gasteiger partial charge >= 0.3 is 0 Å². The van der Waals surface area contributed by atoms with Crippen molar-refractivity contribution in [3.63, 3.8) is 0 Å². The van der Waals surface area contributed by atoms with Gasteiger partial charge in [0.1, 0.15) is 11.5 Å². The van der Waals surface area contributed by atoms with Crippen LogP contribution in [0, 0.1) is 0 Å². The summed E-state index contributed by atoms with van der Waals surface area (Å²) in [5.74, 6) is 1.06. The Morgan fingerprint density at radius 1 is 1.11 bits per heavy atom. The number of hydrogen-bond donors (Lipinski definition) is 0. The van der Waals surface area contributed by atoms with Crippen molar-refractivity contribution in [2.45, 2.75) is 26.2 Å². The van der Waals surface area contributed by atoms with Gasteiger partial charge in [-0.15, -0.1) is 11.3 Å². The number of carbonyl (C=O) groups excluding carboxylic acids is 1. The lowest BCUT2D eigenvalue weighted by molar-refractivity contribution is -0.118. The van der Waals surface area contributed by atoms with Crippen molar-refractivity contribution >= 4 is 17.1 Å². The van der Waals surface area contributed by atoms with Crippen LogP contribution in [0.4, 0.5) is 0 Å². The van der Waals surface area contributed by atoms with Crippen molar-refractivity contribution in [2.24, 2.45) is 0 Å². The first-order chi connectivity index (χ1) is 9.28. The number of ether oxygens (including phenoxy) is 1. The maximum absolute atomic E-state index is 11.8. The fourth-order valence-electron chi connectivity index (χ4n) is 1.79. The molecule has 0 unspecified atom stereocenters. The minimum absolute atomic E-state index is 0.237. The second-order valence-electron chi connectivity index (χ2n) is 4.35. The molecule has 0 N–H and O–H groups in total. The second kappa shape index (κ2) is 7.10. The molecule has 1 aromatic carbocycles. The summed E-state index contributed by atoms with van der Waals surface area (Å²) < 4.78 is 5.52. The van der Waals surface area contributed by atoms with Crippen LogP contribution in [0.5, 0.6) is 5.75 Å². The monoisotopic (exact) mass is 274 g/mol. The average Bonchev–Trinajstić information content (AvgIpc) is 2.87. The highest BCUT2D eigenvalue weighted by Crippen LogP contribution is 2.18. The quantitative estimate of drug-likeness (QED) is 0.765. The molecule has 1 aromatic heterocycles. The molecule has 0 saturated carbocycles. The van der Waals surface area contributed by atoms with E-state index in [4.69, 9.17) is 4.74 Å². The van der Waals surface area contributed by atoms with E-state index in [1.807, 2.05) is 30.3 Å². The third-order valence-corrected chi connectivity index (χ3v) is 4.06. The van der Waals surface area contributed by atoms with Gasteiger partial charge in [-0.1, -0.05) is 25.1 Å². The van der Waals surface area contributed by atoms with E-state index >= 15 is 0 Å². The largest absolute Gasteiger partial charge is 0.493 e. The van der Waals surface area contributed by atoms with E-state index in [2.05, 4.69) is 19.1 Å². The molecule has 2 nitrogen and oxygen atoms in total. The molecule has 0 saturated heterocycles. The highest BCUT2D eigenvalue weighted by molar-refractivity contribution is 7.12. The van der Waals surface area contributed by atoms with Crippen LogP contribution in [0.2, 0.25) is 0 Å². The standard InChI is InChI=1S/C16H18O2S/c1-2-15-8-9-16(19-15)12-13(17)10-11-18-14-6-4-3-5-7-14/h3-9H,2,10-12H2,1H3. The molecule has 0 spiro atoms. The summed E-state index contributed by atoms with van der Waals surface area (Å²) >= 11 is 1.73. The topological polar surface area (TPSA) is 26.3 Å². The Hall–Kier alpha value is -1.61. The second-order valence-corrected chi connectivity index (χ2v) is 5.60. The van der Waals surface area contributed by atoms with Crippen molar-refractivity contribution in [2.75, 3.05) is 6.61 Å². The molecule has 0 aliphatic rings. The summed E-state index contributed by atoms with van der Waals surface area (Å²) in [6.45, 7) is 2.58. The summed E-state index contributed by atoms with van der Waals surface area (Å²) in [5, 5.41) is 0. The van der Waals surface area contributed by atoms with Crippen LogP contribution in [0.25, 0.3) is 0 Å². The van der Waals surface area contributed by atoms with Crippen molar-refractivity contribution in [1.82, 2.24) is 0 Å². The van der Waals surface area contributed by atoms with Crippen LogP contribution in [0.15, 0.2) is 42.5 Å². The first-order valence-electron chi connectivity index (χ1n) is 6.55. The molecule has 0 atom stereocenters. The van der Waals surface area contributed by atoms with E-state index in [-0.39, 0.29) is 5.78 Å². The smallest absolute Gasteiger partial charge is 0.141 e. The van der Waals surface area contributed by atoms with E-state index in [0.29, 0.717) is 19.4 Å². The zero-order valence-corrected chi connectivity index (χ0v) is 11.9. The van der Waals surface area contributed by atoms with E-state index in [0.717, 1.165) is 17.0 Å². The first kappa shape index (κ1) is 13.8. The molecule has 0 aliphatic heterocycles. The van der Waals surface area contributed by atoms with Gasteiger partial charge in [-0.2, -0.15) is 0 Å². The van der Waals surface area contributed by atoms with Gasteiger partial charge in [-0.05, 0) is 30.7 Å². The fraction of sp³-hybridized carbons (Fsp3) is 0.312. The number of ketones is 1. The molecular weight excluding hydrogens is 256 g/mol. The molecule has 0 radical (unpaired) electrons. The minimum atomic E-state index is 0.237. The summed E-state index contributed by atoms with van der Waals surface area (Å²) in [6, 6.07) is 13.8. The maximum atomic E-state index is 11.8. The van der Waals surface area contributed by atoms with Crippen LogP contribution >= 0.6 is 11.3 Å². The lowest BCUT2D eigenvalue weighted by Crippen LogP contribution is -2.08. The third-order valence-electron chi connectivity index (χ3n) is 2.83. The average molecular weight is 274 g/mol. The highest BCUT2D eigenvalue weighted by Gasteiger charge is 2.06. The van der Waals surface area contributed by atoms with Crippen molar-refractivity contribution in [3.05, 3.63) is 52.2 Å². The van der Waals surface area contributed by atoms with Gasteiger partial charge in [0, 0.05) is 22.6 Å². The predicted octanol–water partition coefficient (Wildman–Crippen LogP) is 3.89. The Labute approximate surface area is 118 Å². The SMILES string of the molecule is CCc1ccc(CC(=O)CCOc2ccccc2)s1. The number of carbonyl (C=O) groups is 1. The number of para-hydroxylation sites is 1. The van der Waals surface area contributed by atoms with Gasteiger partial charge in [-0.25, -0.2) is 0 Å². The summed E-state index contributed by atoms with van der Waals surface area (Å²) in [7, 11) is 0. The summed E-state index contributed by atoms with van der Waals surface area (Å²) in [6.07, 6.45) is 2.03. The number of benzene rings is 1. The zero-order chi connectivity index (χ0) is 13.5. The van der Waals surface area contributed by atoms with Gasteiger partial charge in [0.2, 0.25) is 0 Å². The van der Waals surface area contributed by atoms with E-state index in [1.54, 1.807) is 11.3 Å². The molecule has 0 fully saturated rings. The van der Waals surface area contributed by atoms with Gasteiger partial charge in [0.05, 0.1) is 6.61 Å². The molecule has 2 rings (SSSR count). The molecule has 0 bridgehead atoms. The molecule has 1 heterocycles. The lowest BCUT2D eigenvalue weighted by atomic mass is 10.2. The van der Waals surface area contributed by atoms with Crippen molar-refractivity contribution in [1.29, 1.82) is 0 Å². The van der Waals surface area contributed by atoms with Gasteiger partial charge in [0.15, 0.2) is 0 Å². The Balaban J connectivity index is 1.73. The van der Waals surface area contributed by atoms with Gasteiger partial charge in [-0.3, -0.25) is 4.79 Å². The van der Waals surface area contributed by atoms with E-state index in [9.17, 15) is 4.79 Å². The van der Waals surface area contributed by atoms with E-state index in [1.165, 1.54) is 4.88 Å². The number of aryl methyl sites for hydroxylation is 1. The molecule has 2 aromatic rings. The van der Waals surface area contributed by atoms with Crippen molar-refractivity contribution in [3.8, 4) is 5.75 Å². The minimum Gasteiger partial charge on any atom is -0.493 e. The molecule has 19 heavy (non-hydrogen) atoms. The number of Topliss-reactive ketones (excluding diaryl/α,β-unsaturated/α-hetero) is 1. The lowest BCUT2D eigenvalue weighted by Gasteiger charge is -2.04. The number of hydrogen-bond acceptors (Lipinski definition) is 3. The van der Waals surface area contributed by atoms with Crippen LogP contribution in [-0.4, -0.2) is 12.4 Å². The Kier molecular flexibility index (Phi) is 5.16. The van der Waals surface area contributed by atoms with Crippen LogP contribution in [-0.2, 0) is 17.6 Å². The first-order valence-corrected chi connectivity index (χ1v) is 7.36. The predicted molar refractivity (Wildman–Crippen MR) is 79.0 cm³/mol.